The summed E-state index contributed by atoms with van der Waals surface area (Å²) in [6.45, 7) is 0.940. The minimum atomic E-state index is 0.727. The molecule has 90 valence electrons. The summed E-state index contributed by atoms with van der Waals surface area (Å²) < 4.78 is 2.20. The second kappa shape index (κ2) is 4.08. The first-order chi connectivity index (χ1) is 8.25. The van der Waals surface area contributed by atoms with E-state index in [1.54, 1.807) is 0 Å². The maximum absolute atomic E-state index is 6.02. The zero-order valence-corrected chi connectivity index (χ0v) is 10.2. The summed E-state index contributed by atoms with van der Waals surface area (Å²) in [5.74, 6) is 0. The molecule has 1 aromatic carbocycles. The van der Waals surface area contributed by atoms with E-state index in [9.17, 15) is 0 Å². The summed E-state index contributed by atoms with van der Waals surface area (Å²) in [6, 6.07) is 9.06. The van der Waals surface area contributed by atoms with Gasteiger partial charge in [-0.1, -0.05) is 18.6 Å². The van der Waals surface area contributed by atoms with Crippen LogP contribution in [0.2, 0.25) is 0 Å². The van der Waals surface area contributed by atoms with Crippen molar-refractivity contribution in [2.45, 2.75) is 31.8 Å². The minimum Gasteiger partial charge on any atom is -0.397 e. The van der Waals surface area contributed by atoms with E-state index in [-0.39, 0.29) is 0 Å². The second-order valence-corrected chi connectivity index (χ2v) is 4.99. The van der Waals surface area contributed by atoms with Gasteiger partial charge >= 0.3 is 0 Å². The van der Waals surface area contributed by atoms with Gasteiger partial charge < -0.3 is 15.6 Å². The summed E-state index contributed by atoms with van der Waals surface area (Å²) in [5.41, 5.74) is 9.34. The summed E-state index contributed by atoms with van der Waals surface area (Å²) in [5, 5.41) is 4.83. The molecule has 0 saturated heterocycles. The Hall–Kier alpha value is -1.48. The zero-order valence-electron chi connectivity index (χ0n) is 10.2. The molecule has 2 aromatic rings. The quantitative estimate of drug-likeness (QED) is 0.794. The van der Waals surface area contributed by atoms with Crippen LogP contribution in [-0.2, 0) is 13.6 Å². The van der Waals surface area contributed by atoms with Crippen LogP contribution in [0, 0.1) is 0 Å². The van der Waals surface area contributed by atoms with Crippen LogP contribution in [0.3, 0.4) is 0 Å². The number of aryl methyl sites for hydroxylation is 1. The number of aromatic nitrogens is 1. The van der Waals surface area contributed by atoms with Gasteiger partial charge in [-0.2, -0.15) is 0 Å². The van der Waals surface area contributed by atoms with E-state index >= 15 is 0 Å². The van der Waals surface area contributed by atoms with Crippen LogP contribution in [0.5, 0.6) is 0 Å². The van der Waals surface area contributed by atoms with Gasteiger partial charge in [-0.15, -0.1) is 0 Å². The molecule has 0 bridgehead atoms. The zero-order chi connectivity index (χ0) is 11.8. The Morgan fingerprint density at radius 3 is 2.88 bits per heavy atom. The monoisotopic (exact) mass is 229 g/mol. The van der Waals surface area contributed by atoms with E-state index in [2.05, 4.69) is 29.1 Å². The molecule has 1 aromatic heterocycles. The van der Waals surface area contributed by atoms with Crippen LogP contribution in [0.4, 0.5) is 5.69 Å². The average Bonchev–Trinajstić information content (AvgIpc) is 2.55. The highest BCUT2D eigenvalue weighted by molar-refractivity contribution is 5.91. The molecule has 0 amide bonds. The molecule has 1 heterocycles. The van der Waals surface area contributed by atoms with Crippen LogP contribution in [0.15, 0.2) is 24.3 Å². The SMILES string of the molecule is Cn1c(CNC2CCC2)cc2cccc(N)c21. The predicted octanol–water partition coefficient (Wildman–Crippen LogP) is 2.40. The van der Waals surface area contributed by atoms with Crippen molar-refractivity contribution >= 4 is 16.6 Å². The van der Waals surface area contributed by atoms with E-state index in [4.69, 9.17) is 5.73 Å². The molecule has 0 spiro atoms. The third-order valence-corrected chi connectivity index (χ3v) is 3.86. The number of fused-ring (bicyclic) bond motifs is 1. The maximum Gasteiger partial charge on any atom is 0.0713 e. The number of rotatable bonds is 3. The first-order valence-electron chi connectivity index (χ1n) is 6.32. The summed E-state index contributed by atoms with van der Waals surface area (Å²) in [6.07, 6.45) is 4.03. The smallest absolute Gasteiger partial charge is 0.0713 e. The number of hydrogen-bond acceptors (Lipinski definition) is 2. The molecular weight excluding hydrogens is 210 g/mol. The van der Waals surface area contributed by atoms with Crippen molar-refractivity contribution in [3.05, 3.63) is 30.0 Å². The van der Waals surface area contributed by atoms with E-state index < -0.39 is 0 Å². The lowest BCUT2D eigenvalue weighted by atomic mass is 9.93. The number of nitrogen functional groups attached to an aromatic ring is 1. The molecule has 3 heteroatoms. The number of benzene rings is 1. The Balaban J connectivity index is 1.88. The molecule has 3 nitrogen and oxygen atoms in total. The van der Waals surface area contributed by atoms with Crippen molar-refractivity contribution in [3.8, 4) is 0 Å². The normalized spacial score (nSPS) is 16.3. The highest BCUT2D eigenvalue weighted by Crippen LogP contribution is 2.25. The average molecular weight is 229 g/mol. The third-order valence-electron chi connectivity index (χ3n) is 3.86. The molecule has 1 aliphatic rings. The van der Waals surface area contributed by atoms with Crippen LogP contribution in [0.1, 0.15) is 25.0 Å². The minimum absolute atomic E-state index is 0.727. The van der Waals surface area contributed by atoms with Gasteiger partial charge in [0.1, 0.15) is 0 Å². The molecule has 1 aliphatic carbocycles. The fourth-order valence-corrected chi connectivity index (χ4v) is 2.53. The topological polar surface area (TPSA) is 43.0 Å². The fourth-order valence-electron chi connectivity index (χ4n) is 2.53. The van der Waals surface area contributed by atoms with E-state index in [0.717, 1.165) is 23.8 Å². The number of para-hydroxylation sites is 1. The van der Waals surface area contributed by atoms with E-state index in [1.807, 2.05) is 12.1 Å². The Morgan fingerprint density at radius 2 is 2.24 bits per heavy atom. The molecule has 1 saturated carbocycles. The van der Waals surface area contributed by atoms with Crippen molar-refractivity contribution in [1.82, 2.24) is 9.88 Å². The summed E-state index contributed by atoms with van der Waals surface area (Å²) in [4.78, 5) is 0. The molecule has 0 atom stereocenters. The van der Waals surface area contributed by atoms with E-state index in [1.165, 1.54) is 30.3 Å². The lowest BCUT2D eigenvalue weighted by molar-refractivity contribution is 0.336. The summed E-state index contributed by atoms with van der Waals surface area (Å²) in [7, 11) is 2.09. The lowest BCUT2D eigenvalue weighted by Crippen LogP contribution is -2.34. The number of nitrogens with zero attached hydrogens (tertiary/aromatic N) is 1. The third kappa shape index (κ3) is 1.80. The molecule has 17 heavy (non-hydrogen) atoms. The Kier molecular flexibility index (Phi) is 2.56. The standard InChI is InChI=1S/C14H19N3/c1-17-12(9-16-11-5-3-6-11)8-10-4-2-7-13(15)14(10)17/h2,4,7-8,11,16H,3,5-6,9,15H2,1H3. The number of nitrogens with two attached hydrogens (primary N) is 1. The van der Waals surface area contributed by atoms with Gasteiger partial charge in [0.2, 0.25) is 0 Å². The molecule has 3 rings (SSSR count). The van der Waals surface area contributed by atoms with Gasteiger partial charge in [0.15, 0.2) is 0 Å². The van der Waals surface area contributed by atoms with Crippen LogP contribution in [0.25, 0.3) is 10.9 Å². The van der Waals surface area contributed by atoms with Gasteiger partial charge in [0.05, 0.1) is 11.2 Å². The van der Waals surface area contributed by atoms with Crippen LogP contribution < -0.4 is 11.1 Å². The molecule has 1 fully saturated rings. The number of anilines is 1. The summed E-state index contributed by atoms with van der Waals surface area (Å²) >= 11 is 0. The lowest BCUT2D eigenvalue weighted by Gasteiger charge is -2.26. The van der Waals surface area contributed by atoms with Gasteiger partial charge in [-0.05, 0) is 25.0 Å². The second-order valence-electron chi connectivity index (χ2n) is 4.99. The Bertz CT molecular complexity index is 538. The Morgan fingerprint density at radius 1 is 1.41 bits per heavy atom. The van der Waals surface area contributed by atoms with Crippen molar-refractivity contribution in [2.75, 3.05) is 5.73 Å². The highest BCUT2D eigenvalue weighted by Gasteiger charge is 2.17. The largest absolute Gasteiger partial charge is 0.397 e. The van der Waals surface area contributed by atoms with Crippen molar-refractivity contribution in [1.29, 1.82) is 0 Å². The Labute approximate surface area is 102 Å². The number of hydrogen-bond donors (Lipinski definition) is 2. The first-order valence-corrected chi connectivity index (χ1v) is 6.32. The van der Waals surface area contributed by atoms with Crippen molar-refractivity contribution < 1.29 is 0 Å². The first kappa shape index (κ1) is 10.7. The van der Waals surface area contributed by atoms with E-state index in [0.29, 0.717) is 0 Å². The predicted molar refractivity (Wildman–Crippen MR) is 71.8 cm³/mol. The highest BCUT2D eigenvalue weighted by atomic mass is 15.0. The molecular formula is C14H19N3. The van der Waals surface area contributed by atoms with Crippen molar-refractivity contribution in [3.63, 3.8) is 0 Å². The van der Waals surface area contributed by atoms with Crippen LogP contribution in [-0.4, -0.2) is 10.6 Å². The van der Waals surface area contributed by atoms with Crippen molar-refractivity contribution in [2.24, 2.45) is 7.05 Å². The van der Waals surface area contributed by atoms with Crippen LogP contribution >= 0.6 is 0 Å². The molecule has 0 aliphatic heterocycles. The molecule has 0 unspecified atom stereocenters. The van der Waals surface area contributed by atoms with Gasteiger partial charge in [-0.25, -0.2) is 0 Å². The molecule has 3 N–H and O–H groups in total. The maximum atomic E-state index is 6.02. The number of nitrogens with one attached hydrogen (secondary N) is 1. The van der Waals surface area contributed by atoms with Gasteiger partial charge in [0.25, 0.3) is 0 Å². The van der Waals surface area contributed by atoms with Gasteiger partial charge in [0, 0.05) is 30.7 Å². The molecule has 0 radical (unpaired) electrons. The van der Waals surface area contributed by atoms with Gasteiger partial charge in [-0.3, -0.25) is 0 Å². The fraction of sp³-hybridized carbons (Fsp3) is 0.429.